The third kappa shape index (κ3) is 5.73. The quantitative estimate of drug-likeness (QED) is 0.322. The van der Waals surface area contributed by atoms with E-state index in [9.17, 15) is 4.91 Å². The molecule has 1 unspecified atom stereocenters. The summed E-state index contributed by atoms with van der Waals surface area (Å²) >= 11 is 0. The van der Waals surface area contributed by atoms with E-state index in [-0.39, 0.29) is 6.10 Å². The van der Waals surface area contributed by atoms with Crippen molar-refractivity contribution in [3.05, 3.63) is 17.6 Å². The summed E-state index contributed by atoms with van der Waals surface area (Å²) in [6, 6.07) is 0. The number of methoxy groups -OCH3 is 1. The third-order valence-corrected chi connectivity index (χ3v) is 1.54. The number of ether oxygens (including phenoxy) is 1. The summed E-state index contributed by atoms with van der Waals surface area (Å²) in [5.74, 6) is 0. The van der Waals surface area contributed by atoms with E-state index in [0.717, 1.165) is 19.3 Å². The van der Waals surface area contributed by atoms with Crippen LogP contribution in [0.25, 0.3) is 0 Å². The van der Waals surface area contributed by atoms with Crippen molar-refractivity contribution in [3.63, 3.8) is 0 Å². The van der Waals surface area contributed by atoms with Crippen LogP contribution in [0.3, 0.4) is 0 Å². The molecular formula is C8H15NO2. The molecule has 0 radical (unpaired) electrons. The van der Waals surface area contributed by atoms with Crippen molar-refractivity contribution in [2.24, 2.45) is 5.18 Å². The predicted molar refractivity (Wildman–Crippen MR) is 45.5 cm³/mol. The zero-order chi connectivity index (χ0) is 8.53. The molecule has 64 valence electrons. The molecule has 0 aliphatic heterocycles. The van der Waals surface area contributed by atoms with Gasteiger partial charge in [0.25, 0.3) is 0 Å². The van der Waals surface area contributed by atoms with Gasteiger partial charge in [0.1, 0.15) is 0 Å². The Bertz CT molecular complexity index is 115. The van der Waals surface area contributed by atoms with Crippen LogP contribution in [0.2, 0.25) is 0 Å². The first-order valence-electron chi connectivity index (χ1n) is 3.78. The summed E-state index contributed by atoms with van der Waals surface area (Å²) in [5.41, 5.74) is 0. The fraction of sp³-hybridized carbons (Fsp3) is 0.750. The van der Waals surface area contributed by atoms with Gasteiger partial charge in [-0.15, -0.1) is 6.58 Å². The maximum absolute atomic E-state index is 9.72. The number of hydrogen-bond donors (Lipinski definition) is 0. The minimum absolute atomic E-state index is 0.203. The van der Waals surface area contributed by atoms with Gasteiger partial charge < -0.3 is 4.74 Å². The van der Waals surface area contributed by atoms with E-state index >= 15 is 0 Å². The Labute approximate surface area is 67.4 Å². The van der Waals surface area contributed by atoms with Crippen molar-refractivity contribution >= 4 is 0 Å². The minimum atomic E-state index is 0.203. The van der Waals surface area contributed by atoms with Crippen LogP contribution in [0.1, 0.15) is 19.3 Å². The lowest BCUT2D eigenvalue weighted by molar-refractivity contribution is 0.0966. The zero-order valence-corrected chi connectivity index (χ0v) is 6.95. The Kier molecular flexibility index (Phi) is 6.94. The first-order valence-corrected chi connectivity index (χ1v) is 3.78. The van der Waals surface area contributed by atoms with Crippen molar-refractivity contribution in [2.75, 3.05) is 13.7 Å². The second-order valence-electron chi connectivity index (χ2n) is 2.38. The highest BCUT2D eigenvalue weighted by atomic mass is 16.5. The van der Waals surface area contributed by atoms with Crippen LogP contribution in [0.4, 0.5) is 0 Å². The van der Waals surface area contributed by atoms with Gasteiger partial charge in [0.15, 0.2) is 0 Å². The van der Waals surface area contributed by atoms with Gasteiger partial charge >= 0.3 is 0 Å². The van der Waals surface area contributed by atoms with E-state index in [2.05, 4.69) is 11.8 Å². The van der Waals surface area contributed by atoms with E-state index in [1.165, 1.54) is 0 Å². The van der Waals surface area contributed by atoms with Crippen molar-refractivity contribution in [3.8, 4) is 0 Å². The van der Waals surface area contributed by atoms with Crippen LogP contribution in [-0.4, -0.2) is 19.8 Å². The average Bonchev–Trinajstić information content (AvgIpc) is 2.03. The molecule has 0 fully saturated rings. The molecule has 0 N–H and O–H groups in total. The van der Waals surface area contributed by atoms with Crippen LogP contribution in [0.15, 0.2) is 17.8 Å². The van der Waals surface area contributed by atoms with Crippen LogP contribution in [0, 0.1) is 4.91 Å². The maximum Gasteiger partial charge on any atom is 0.0812 e. The van der Waals surface area contributed by atoms with Gasteiger partial charge in [-0.25, -0.2) is 0 Å². The first kappa shape index (κ1) is 10.3. The summed E-state index contributed by atoms with van der Waals surface area (Å²) in [4.78, 5) is 9.72. The highest BCUT2D eigenvalue weighted by molar-refractivity contribution is 4.73. The molecule has 0 aliphatic carbocycles. The van der Waals surface area contributed by atoms with Crippen LogP contribution >= 0.6 is 0 Å². The first-order chi connectivity index (χ1) is 5.35. The van der Waals surface area contributed by atoms with Crippen molar-refractivity contribution < 1.29 is 4.74 Å². The van der Waals surface area contributed by atoms with Gasteiger partial charge in [-0.2, -0.15) is 4.91 Å². The van der Waals surface area contributed by atoms with Gasteiger partial charge in [0.2, 0.25) is 0 Å². The number of nitroso groups, excluding NO2 is 1. The Morgan fingerprint density at radius 2 is 2.45 bits per heavy atom. The lowest BCUT2D eigenvalue weighted by atomic mass is 10.1. The highest BCUT2D eigenvalue weighted by Crippen LogP contribution is 2.05. The lowest BCUT2D eigenvalue weighted by Crippen LogP contribution is -2.09. The van der Waals surface area contributed by atoms with Crippen molar-refractivity contribution in [2.45, 2.75) is 25.4 Å². The molecule has 0 bridgehead atoms. The molecule has 0 amide bonds. The molecule has 0 heterocycles. The van der Waals surface area contributed by atoms with Crippen LogP contribution < -0.4 is 0 Å². The van der Waals surface area contributed by atoms with Gasteiger partial charge in [0.05, 0.1) is 12.6 Å². The second-order valence-corrected chi connectivity index (χ2v) is 2.38. The summed E-state index contributed by atoms with van der Waals surface area (Å²) < 4.78 is 5.12. The fourth-order valence-electron chi connectivity index (χ4n) is 0.901. The Morgan fingerprint density at radius 3 is 2.91 bits per heavy atom. The monoisotopic (exact) mass is 157 g/mol. The van der Waals surface area contributed by atoms with Gasteiger partial charge in [-0.05, 0) is 19.3 Å². The van der Waals surface area contributed by atoms with Crippen LogP contribution in [0.5, 0.6) is 0 Å². The molecule has 0 saturated heterocycles. The Balaban J connectivity index is 3.34. The lowest BCUT2D eigenvalue weighted by Gasteiger charge is -2.10. The van der Waals surface area contributed by atoms with Crippen molar-refractivity contribution in [1.29, 1.82) is 0 Å². The van der Waals surface area contributed by atoms with Crippen molar-refractivity contribution in [1.82, 2.24) is 0 Å². The molecule has 0 spiro atoms. The summed E-state index contributed by atoms with van der Waals surface area (Å²) in [6.07, 6.45) is 4.55. The maximum atomic E-state index is 9.72. The van der Waals surface area contributed by atoms with Gasteiger partial charge in [-0.3, -0.25) is 0 Å². The number of rotatable bonds is 7. The molecule has 0 aromatic rings. The van der Waals surface area contributed by atoms with Gasteiger partial charge in [0, 0.05) is 7.11 Å². The molecule has 0 rings (SSSR count). The van der Waals surface area contributed by atoms with Gasteiger partial charge in [-0.1, -0.05) is 11.3 Å². The average molecular weight is 157 g/mol. The largest absolute Gasteiger partial charge is 0.381 e. The summed E-state index contributed by atoms with van der Waals surface area (Å²) in [5, 5.41) is 2.77. The second kappa shape index (κ2) is 7.41. The zero-order valence-electron chi connectivity index (χ0n) is 6.95. The van der Waals surface area contributed by atoms with E-state index in [1.807, 2.05) is 6.08 Å². The predicted octanol–water partition coefficient (Wildman–Crippen LogP) is 2.12. The molecular weight excluding hydrogens is 142 g/mol. The van der Waals surface area contributed by atoms with E-state index in [4.69, 9.17) is 4.74 Å². The van der Waals surface area contributed by atoms with E-state index in [1.54, 1.807) is 7.11 Å². The third-order valence-electron chi connectivity index (χ3n) is 1.54. The Morgan fingerprint density at radius 1 is 1.73 bits per heavy atom. The molecule has 11 heavy (non-hydrogen) atoms. The SMILES string of the molecule is C=CCC(CCCN=O)OC. The normalized spacial score (nSPS) is 12.5. The van der Waals surface area contributed by atoms with E-state index < -0.39 is 0 Å². The molecule has 3 heteroatoms. The van der Waals surface area contributed by atoms with E-state index in [0.29, 0.717) is 6.54 Å². The molecule has 3 nitrogen and oxygen atoms in total. The topological polar surface area (TPSA) is 38.7 Å². The standard InChI is InChI=1S/C8H15NO2/c1-3-5-8(11-2)6-4-7-9-10/h3,8H,1,4-7H2,2H3. The molecule has 0 aromatic carbocycles. The minimum Gasteiger partial charge on any atom is -0.381 e. The summed E-state index contributed by atoms with van der Waals surface area (Å²) in [7, 11) is 1.67. The highest BCUT2D eigenvalue weighted by Gasteiger charge is 2.03. The summed E-state index contributed by atoms with van der Waals surface area (Å²) in [6.45, 7) is 4.00. The molecule has 0 aliphatic rings. The van der Waals surface area contributed by atoms with Crippen LogP contribution in [-0.2, 0) is 4.74 Å². The number of nitrogens with zero attached hydrogens (tertiary/aromatic N) is 1. The molecule has 0 saturated carbocycles. The Hall–Kier alpha value is -0.700. The number of hydrogen-bond acceptors (Lipinski definition) is 3. The molecule has 0 aromatic heterocycles. The smallest absolute Gasteiger partial charge is 0.0812 e. The fourth-order valence-corrected chi connectivity index (χ4v) is 0.901. The molecule has 1 atom stereocenters.